The number of aliphatic carboxylic acids is 4. The molecule has 21 heteroatoms. The average molecular weight is 526 g/mol. The Morgan fingerprint density at radius 2 is 1.00 bits per heavy atom. The highest BCUT2D eigenvalue weighted by atomic mass is 31.2. The third kappa shape index (κ3) is 10.5. The van der Waals surface area contributed by atoms with Gasteiger partial charge >= 0.3 is 51.5 Å². The minimum atomic E-state index is -5.82. The second-order valence-corrected chi connectivity index (χ2v) is 8.43. The topological polar surface area (TPSA) is 326 Å². The number of carboxylic acids is 4. The molecule has 0 fully saturated rings. The van der Waals surface area contributed by atoms with Crippen LogP contribution in [-0.2, 0) is 51.7 Å². The Bertz CT molecular complexity index is 927. The first-order valence-electron chi connectivity index (χ1n) is 7.79. The van der Waals surface area contributed by atoms with E-state index in [-0.39, 0.29) is 0 Å². The monoisotopic (exact) mass is 526 g/mol. The van der Waals surface area contributed by atoms with Crippen LogP contribution in [0.2, 0.25) is 0 Å². The van der Waals surface area contributed by atoms with Crippen LogP contribution < -0.4 is 0 Å². The predicted molar refractivity (Wildman–Crippen MR) is 91.8 cm³/mol. The molecule has 0 aliphatic rings. The van der Waals surface area contributed by atoms with Gasteiger partial charge in [0.05, 0.1) is 25.7 Å². The fraction of sp³-hybridized carbons (Fsp3) is 0.500. The van der Waals surface area contributed by atoms with E-state index in [1.165, 1.54) is 0 Å². The molecule has 33 heavy (non-hydrogen) atoms. The van der Waals surface area contributed by atoms with Crippen molar-refractivity contribution in [2.24, 2.45) is 0 Å². The summed E-state index contributed by atoms with van der Waals surface area (Å²) in [6.07, 6.45) is -7.32. The number of phosphoric ester groups is 2. The number of phosphoric acid groups is 2. The molecule has 0 aromatic heterocycles. The Labute approximate surface area is 181 Å². The summed E-state index contributed by atoms with van der Waals surface area (Å²) < 4.78 is 33.6. The first kappa shape index (κ1) is 30.1. The predicted octanol–water partition coefficient (Wildman–Crippen LogP) is -2.35. The number of rotatable bonds is 14. The van der Waals surface area contributed by atoms with Crippen LogP contribution in [0.25, 0.3) is 0 Å². The standard InChI is InChI=1S/C12H16O19P2/c13-5(14)1-11(9(19)20,4-8(18)30-32(23,24)25)29-7(17)3-12(10(21)22,2-6(15)16)31-33(26,27)28/h1-4H2,(H,13,14)(H,15,16)(H,19,20)(H,21,22)(H2,23,24,25)(H2,26,27,28). The Morgan fingerprint density at radius 3 is 1.33 bits per heavy atom. The molecule has 8 N–H and O–H groups in total. The van der Waals surface area contributed by atoms with Gasteiger partial charge in [-0.15, -0.1) is 0 Å². The lowest BCUT2D eigenvalue weighted by atomic mass is 9.93. The summed E-state index contributed by atoms with van der Waals surface area (Å²) in [4.78, 5) is 104. The highest BCUT2D eigenvalue weighted by molar-refractivity contribution is 7.47. The lowest BCUT2D eigenvalue weighted by Crippen LogP contribution is -2.50. The summed E-state index contributed by atoms with van der Waals surface area (Å²) in [5, 5.41) is 36.2. The minimum Gasteiger partial charge on any atom is -0.481 e. The molecule has 0 spiro atoms. The van der Waals surface area contributed by atoms with Crippen LogP contribution in [0.4, 0.5) is 0 Å². The number of carbonyl (C=O) groups is 6. The Hall–Kier alpha value is -2.92. The third-order valence-corrected chi connectivity index (χ3v) is 4.37. The first-order valence-corrected chi connectivity index (χ1v) is 10.9. The van der Waals surface area contributed by atoms with E-state index < -0.39 is 88.3 Å². The number of esters is 1. The van der Waals surface area contributed by atoms with Crippen LogP contribution in [-0.4, -0.2) is 87.0 Å². The summed E-state index contributed by atoms with van der Waals surface area (Å²) in [6.45, 7) is 0. The summed E-state index contributed by atoms with van der Waals surface area (Å²) in [6, 6.07) is 0. The van der Waals surface area contributed by atoms with E-state index in [0.29, 0.717) is 0 Å². The molecular formula is C12H16O19P2. The van der Waals surface area contributed by atoms with E-state index in [1.54, 1.807) is 0 Å². The van der Waals surface area contributed by atoms with Gasteiger partial charge in [-0.2, -0.15) is 0 Å². The zero-order chi connectivity index (χ0) is 26.4. The van der Waals surface area contributed by atoms with Gasteiger partial charge in [-0.3, -0.25) is 33.5 Å². The van der Waals surface area contributed by atoms with Crippen molar-refractivity contribution < 1.29 is 91.7 Å². The van der Waals surface area contributed by atoms with Crippen molar-refractivity contribution >= 4 is 51.5 Å². The Morgan fingerprint density at radius 1 is 0.606 bits per heavy atom. The van der Waals surface area contributed by atoms with Crippen LogP contribution in [0.15, 0.2) is 0 Å². The maximum absolute atomic E-state index is 12.2. The molecule has 0 saturated heterocycles. The van der Waals surface area contributed by atoms with Gasteiger partial charge in [-0.1, -0.05) is 0 Å². The third-order valence-electron chi connectivity index (χ3n) is 3.34. The quantitative estimate of drug-likeness (QED) is 0.0867. The number of carboxylic acid groups (broad SMARTS) is 4. The average Bonchev–Trinajstić information content (AvgIpc) is 2.48. The number of ether oxygens (including phenoxy) is 1. The molecule has 0 bridgehead atoms. The molecule has 0 aromatic carbocycles. The largest absolute Gasteiger partial charge is 0.526 e. The van der Waals surface area contributed by atoms with Crippen molar-refractivity contribution in [3.05, 3.63) is 0 Å². The molecule has 188 valence electrons. The summed E-state index contributed by atoms with van der Waals surface area (Å²) in [7, 11) is -11.4. The van der Waals surface area contributed by atoms with E-state index in [2.05, 4.69) is 13.8 Å². The molecule has 0 rings (SSSR count). The molecule has 2 atom stereocenters. The molecule has 0 radical (unpaired) electrons. The first-order chi connectivity index (χ1) is 14.6. The lowest BCUT2D eigenvalue weighted by Gasteiger charge is -2.30. The molecule has 0 aliphatic heterocycles. The van der Waals surface area contributed by atoms with Crippen LogP contribution in [0, 0.1) is 0 Å². The van der Waals surface area contributed by atoms with Gasteiger partial charge in [0.1, 0.15) is 0 Å². The van der Waals surface area contributed by atoms with Crippen molar-refractivity contribution in [2.45, 2.75) is 36.9 Å². The van der Waals surface area contributed by atoms with E-state index in [1.807, 2.05) is 0 Å². The van der Waals surface area contributed by atoms with Crippen LogP contribution in [0.5, 0.6) is 0 Å². The Balaban J connectivity index is 6.25. The molecule has 0 saturated carbocycles. The SMILES string of the molecule is O=C(O)CC(CC(=O)OP(=O)(O)O)(OC(=O)CC(CC(=O)O)(OP(=O)(O)O)C(=O)O)C(=O)O. The molecular weight excluding hydrogens is 510 g/mol. The van der Waals surface area contributed by atoms with Gasteiger partial charge in [0.15, 0.2) is 5.60 Å². The van der Waals surface area contributed by atoms with Crippen LogP contribution in [0.1, 0.15) is 25.7 Å². The van der Waals surface area contributed by atoms with Crippen molar-refractivity contribution in [3.63, 3.8) is 0 Å². The maximum atomic E-state index is 12.2. The molecule has 2 unspecified atom stereocenters. The van der Waals surface area contributed by atoms with E-state index in [0.717, 1.165) is 0 Å². The zero-order valence-corrected chi connectivity index (χ0v) is 17.6. The van der Waals surface area contributed by atoms with Crippen molar-refractivity contribution in [3.8, 4) is 0 Å². The number of carbonyl (C=O) groups excluding carboxylic acids is 2. The molecule has 0 aliphatic carbocycles. The summed E-state index contributed by atoms with van der Waals surface area (Å²) in [5.41, 5.74) is -7.04. The van der Waals surface area contributed by atoms with Gasteiger partial charge in [0, 0.05) is 0 Å². The van der Waals surface area contributed by atoms with Gasteiger partial charge in [-0.25, -0.2) is 18.7 Å². The molecule has 0 amide bonds. The maximum Gasteiger partial charge on any atom is 0.526 e. The highest BCUT2D eigenvalue weighted by Gasteiger charge is 2.53. The Kier molecular flexibility index (Phi) is 9.84. The lowest BCUT2D eigenvalue weighted by molar-refractivity contribution is -0.190. The van der Waals surface area contributed by atoms with E-state index in [4.69, 9.17) is 29.8 Å². The molecule has 0 aromatic rings. The molecule has 19 nitrogen and oxygen atoms in total. The molecule has 0 heterocycles. The normalized spacial score (nSPS) is 15.4. The summed E-state index contributed by atoms with van der Waals surface area (Å²) >= 11 is 0. The van der Waals surface area contributed by atoms with Gasteiger partial charge in [0.25, 0.3) is 0 Å². The van der Waals surface area contributed by atoms with Gasteiger partial charge in [0.2, 0.25) is 5.60 Å². The highest BCUT2D eigenvalue weighted by Crippen LogP contribution is 2.45. The fourth-order valence-corrected chi connectivity index (χ4v) is 3.24. The minimum absolute atomic E-state index is 1.76. The number of hydrogen-bond donors (Lipinski definition) is 8. The number of hydrogen-bond acceptors (Lipinski definition) is 11. The van der Waals surface area contributed by atoms with Crippen molar-refractivity contribution in [2.75, 3.05) is 0 Å². The zero-order valence-electron chi connectivity index (χ0n) is 15.8. The second-order valence-electron chi connectivity index (χ2n) is 6.10. The second kappa shape index (κ2) is 10.8. The van der Waals surface area contributed by atoms with E-state index in [9.17, 15) is 48.1 Å². The van der Waals surface area contributed by atoms with Crippen molar-refractivity contribution in [1.29, 1.82) is 0 Å². The summed E-state index contributed by atoms with van der Waals surface area (Å²) in [5.74, 6) is -13.2. The van der Waals surface area contributed by atoms with Crippen molar-refractivity contribution in [1.82, 2.24) is 0 Å². The van der Waals surface area contributed by atoms with E-state index >= 15 is 0 Å². The smallest absolute Gasteiger partial charge is 0.481 e. The van der Waals surface area contributed by atoms with Crippen LogP contribution >= 0.6 is 15.6 Å². The van der Waals surface area contributed by atoms with Gasteiger partial charge < -0.3 is 39.5 Å². The van der Waals surface area contributed by atoms with Gasteiger partial charge in [-0.05, 0) is 0 Å². The fourth-order valence-electron chi connectivity index (χ4n) is 2.25. The van der Waals surface area contributed by atoms with Crippen LogP contribution in [0.3, 0.4) is 0 Å².